The van der Waals surface area contributed by atoms with Gasteiger partial charge in [-0.05, 0) is 24.3 Å². The molecule has 1 heterocycles. The molecule has 1 N–H and O–H groups in total. The Morgan fingerprint density at radius 2 is 0.818 bits per heavy atom. The molecule has 0 aromatic heterocycles. The van der Waals surface area contributed by atoms with E-state index in [1.54, 1.807) is 0 Å². The summed E-state index contributed by atoms with van der Waals surface area (Å²) in [4.78, 5) is 0. The lowest BCUT2D eigenvalue weighted by atomic mass is 9.85. The van der Waals surface area contributed by atoms with Crippen molar-refractivity contribution in [2.45, 2.75) is 41.4 Å². The van der Waals surface area contributed by atoms with Crippen LogP contribution in [0.4, 0.5) is 57.1 Å². The highest BCUT2D eigenvalue weighted by atomic mass is 19.4. The van der Waals surface area contributed by atoms with Crippen molar-refractivity contribution in [1.82, 2.24) is 0 Å². The second-order valence-electron chi connectivity index (χ2n) is 9.18. The summed E-state index contributed by atoms with van der Waals surface area (Å²) in [6.45, 7) is -5.12. The van der Waals surface area contributed by atoms with Crippen LogP contribution in [0.3, 0.4) is 0 Å². The van der Waals surface area contributed by atoms with Crippen molar-refractivity contribution in [2.75, 3.05) is 39.6 Å². The highest BCUT2D eigenvalue weighted by Gasteiger charge is 2.92. The Balaban J connectivity index is 2.12. The smallest absolute Gasteiger partial charge is 0.460 e. The van der Waals surface area contributed by atoms with E-state index in [9.17, 15) is 53.4 Å². The summed E-state index contributed by atoms with van der Waals surface area (Å²) in [5.41, 5.74) is -4.84. The molecule has 0 amide bonds. The minimum Gasteiger partial charge on any atom is -0.487 e. The maximum absolute atomic E-state index is 15.3. The molecule has 0 atom stereocenters. The van der Waals surface area contributed by atoms with Crippen molar-refractivity contribution in [3.8, 4) is 23.0 Å². The largest absolute Gasteiger partial charge is 0.487 e. The predicted molar refractivity (Wildman–Crippen MR) is 121 cm³/mol. The molecule has 2 aromatic rings. The molecule has 0 saturated carbocycles. The number of para-hydroxylation sites is 4. The van der Waals surface area contributed by atoms with Gasteiger partial charge in [-0.25, -0.2) is 0 Å². The molecule has 0 unspecified atom stereocenters. The van der Waals surface area contributed by atoms with Crippen LogP contribution >= 0.6 is 0 Å². The average molecular weight is 664 g/mol. The zero-order valence-electron chi connectivity index (χ0n) is 21.8. The second-order valence-corrected chi connectivity index (χ2v) is 9.18. The van der Waals surface area contributed by atoms with Gasteiger partial charge in [-0.3, -0.25) is 0 Å². The first-order chi connectivity index (χ1) is 20.1. The van der Waals surface area contributed by atoms with Crippen LogP contribution < -0.4 is 18.9 Å². The van der Waals surface area contributed by atoms with Crippen molar-refractivity contribution < 1.29 is 85.9 Å². The van der Waals surface area contributed by atoms with Gasteiger partial charge in [0.25, 0.3) is 0 Å². The Hall–Kier alpha value is -3.35. The third kappa shape index (κ3) is 6.12. The van der Waals surface area contributed by atoms with E-state index in [2.05, 4.69) is 0 Å². The Kier molecular flexibility index (Phi) is 9.75. The minimum atomic E-state index is -8.16. The average Bonchev–Trinajstić information content (AvgIpc) is 2.93. The number of halogens is 13. The molecular formula is C25H21F13O6. The zero-order valence-corrected chi connectivity index (χ0v) is 21.8. The quantitative estimate of drug-likeness (QED) is 0.374. The summed E-state index contributed by atoms with van der Waals surface area (Å²) >= 11 is 0. The number of rotatable bonds is 5. The van der Waals surface area contributed by atoms with Crippen LogP contribution in [-0.4, -0.2) is 86.1 Å². The first kappa shape index (κ1) is 35.1. The van der Waals surface area contributed by atoms with Gasteiger partial charge in [0.05, 0.1) is 13.2 Å². The van der Waals surface area contributed by atoms with Gasteiger partial charge < -0.3 is 28.8 Å². The molecule has 0 radical (unpaired) electrons. The Bertz CT molecular complexity index is 1210. The highest BCUT2D eigenvalue weighted by Crippen LogP contribution is 2.61. The van der Waals surface area contributed by atoms with Crippen molar-refractivity contribution >= 4 is 0 Å². The first-order valence-corrected chi connectivity index (χ1v) is 12.1. The number of aliphatic hydroxyl groups is 1. The van der Waals surface area contributed by atoms with Crippen LogP contribution in [-0.2, 0) is 4.74 Å². The highest BCUT2D eigenvalue weighted by molar-refractivity contribution is 5.40. The molecule has 44 heavy (non-hydrogen) atoms. The van der Waals surface area contributed by atoms with Gasteiger partial charge in [0.15, 0.2) is 23.0 Å². The second kappa shape index (κ2) is 12.2. The molecule has 1 aliphatic rings. The van der Waals surface area contributed by atoms with E-state index in [4.69, 9.17) is 23.7 Å². The fourth-order valence-corrected chi connectivity index (χ4v) is 3.58. The zero-order chi connectivity index (χ0) is 33.2. The van der Waals surface area contributed by atoms with Crippen LogP contribution in [0, 0.1) is 0 Å². The van der Waals surface area contributed by atoms with Gasteiger partial charge in [-0.15, -0.1) is 0 Å². The normalized spacial score (nSPS) is 18.0. The summed E-state index contributed by atoms with van der Waals surface area (Å²) in [5.74, 6) is -40.9. The standard InChI is InChI=1S/C25H21F13O6/c26-20(27,21(28,29)22(30,31)23(32,33)24(34,35)25(36,37)38)19(39)13-43-17-7-3-1-5-15(17)41-11-9-40-10-12-42-16-6-2-4-8-18(16)44-14-19/h1-8,39H,9-14H2. The van der Waals surface area contributed by atoms with Crippen molar-refractivity contribution in [2.24, 2.45) is 0 Å². The molecule has 0 bridgehead atoms. The van der Waals surface area contributed by atoms with E-state index in [1.165, 1.54) is 24.3 Å². The third-order valence-corrected chi connectivity index (χ3v) is 6.12. The van der Waals surface area contributed by atoms with Gasteiger partial charge in [0, 0.05) is 0 Å². The minimum absolute atomic E-state index is 0.101. The van der Waals surface area contributed by atoms with E-state index < -0.39 is 66.1 Å². The lowest BCUT2D eigenvalue weighted by Crippen LogP contribution is -2.75. The van der Waals surface area contributed by atoms with Gasteiger partial charge in [-0.1, -0.05) is 24.3 Å². The van der Waals surface area contributed by atoms with Crippen LogP contribution in [0.25, 0.3) is 0 Å². The molecule has 2 aromatic carbocycles. The number of alkyl halides is 13. The Morgan fingerprint density at radius 3 is 1.18 bits per heavy atom. The lowest BCUT2D eigenvalue weighted by Gasteiger charge is -2.44. The number of hydrogen-bond donors (Lipinski definition) is 1. The predicted octanol–water partition coefficient (Wildman–Crippen LogP) is 6.40. The van der Waals surface area contributed by atoms with Crippen LogP contribution in [0.2, 0.25) is 0 Å². The first-order valence-electron chi connectivity index (χ1n) is 12.1. The molecule has 3 rings (SSSR count). The number of fused-ring (bicyclic) bond motifs is 2. The molecule has 0 saturated heterocycles. The summed E-state index contributed by atoms with van der Waals surface area (Å²) in [5, 5.41) is 10.7. The number of hydrogen-bond acceptors (Lipinski definition) is 6. The molecule has 248 valence electrons. The number of benzene rings is 2. The molecule has 0 spiro atoms. The van der Waals surface area contributed by atoms with Gasteiger partial charge >= 0.3 is 35.8 Å². The van der Waals surface area contributed by atoms with Gasteiger partial charge in [-0.2, -0.15) is 57.1 Å². The van der Waals surface area contributed by atoms with Crippen LogP contribution in [0.1, 0.15) is 0 Å². The molecular weight excluding hydrogens is 643 g/mol. The molecule has 19 heteroatoms. The van der Waals surface area contributed by atoms with E-state index >= 15 is 8.78 Å². The van der Waals surface area contributed by atoms with Crippen LogP contribution in [0.5, 0.6) is 23.0 Å². The SMILES string of the molecule is OC1(C(F)(F)C(F)(F)C(F)(F)C(F)(F)C(F)(F)C(F)(F)F)COc2ccccc2OCCOCCOc2ccccc2OC1. The maximum Gasteiger partial charge on any atom is 0.460 e. The number of ether oxygens (including phenoxy) is 5. The summed E-state index contributed by atoms with van der Waals surface area (Å²) in [6.07, 6.45) is -7.59. The molecule has 0 aliphatic carbocycles. The molecule has 6 nitrogen and oxygen atoms in total. The fourth-order valence-electron chi connectivity index (χ4n) is 3.58. The van der Waals surface area contributed by atoms with E-state index in [-0.39, 0.29) is 37.9 Å². The van der Waals surface area contributed by atoms with Crippen molar-refractivity contribution in [3.05, 3.63) is 48.5 Å². The topological polar surface area (TPSA) is 66.4 Å². The molecule has 1 aliphatic heterocycles. The monoisotopic (exact) mass is 664 g/mol. The van der Waals surface area contributed by atoms with Crippen molar-refractivity contribution in [1.29, 1.82) is 0 Å². The third-order valence-electron chi connectivity index (χ3n) is 6.12. The maximum atomic E-state index is 15.3. The fraction of sp³-hybridized carbons (Fsp3) is 0.520. The summed E-state index contributed by atoms with van der Waals surface area (Å²) < 4.78 is 207. The van der Waals surface area contributed by atoms with Crippen molar-refractivity contribution in [3.63, 3.8) is 0 Å². The van der Waals surface area contributed by atoms with E-state index in [0.29, 0.717) is 0 Å². The lowest BCUT2D eigenvalue weighted by molar-refractivity contribution is -0.450. The molecule has 0 fully saturated rings. The Morgan fingerprint density at radius 1 is 0.477 bits per heavy atom. The summed E-state index contributed by atoms with van der Waals surface area (Å²) in [7, 11) is 0. The van der Waals surface area contributed by atoms with E-state index in [1.807, 2.05) is 0 Å². The van der Waals surface area contributed by atoms with E-state index in [0.717, 1.165) is 24.3 Å². The Labute approximate surface area is 239 Å². The van der Waals surface area contributed by atoms with Gasteiger partial charge in [0.1, 0.15) is 26.4 Å². The van der Waals surface area contributed by atoms with Gasteiger partial charge in [0.2, 0.25) is 5.60 Å². The summed E-state index contributed by atoms with van der Waals surface area (Å²) in [6, 6.07) is 9.10. The van der Waals surface area contributed by atoms with Crippen LogP contribution in [0.15, 0.2) is 48.5 Å².